The predicted octanol–water partition coefficient (Wildman–Crippen LogP) is 3.76. The Kier molecular flexibility index (Phi) is 5.36. The Balaban J connectivity index is 1.52. The number of urea groups is 1. The molecule has 1 aromatic heterocycles. The minimum Gasteiger partial charge on any atom is -0.354 e. The highest BCUT2D eigenvalue weighted by Crippen LogP contribution is 2.42. The number of carbonyl (C=O) groups is 1. The Labute approximate surface area is 195 Å². The van der Waals surface area contributed by atoms with E-state index < -0.39 is 40.6 Å². The molecule has 3 aromatic rings. The number of amides is 2. The van der Waals surface area contributed by atoms with Crippen molar-refractivity contribution in [1.82, 2.24) is 14.8 Å². The number of aryl methyl sites for hydroxylation is 1. The van der Waals surface area contributed by atoms with E-state index in [1.165, 1.54) is 11.8 Å². The summed E-state index contributed by atoms with van der Waals surface area (Å²) in [6.45, 7) is 2.93. The maximum Gasteiger partial charge on any atom is 0.326 e. The Morgan fingerprint density at radius 3 is 2.65 bits per heavy atom. The van der Waals surface area contributed by atoms with Crippen molar-refractivity contribution in [1.29, 1.82) is 0 Å². The van der Waals surface area contributed by atoms with Gasteiger partial charge in [0.2, 0.25) is 10.0 Å². The molecule has 0 spiro atoms. The van der Waals surface area contributed by atoms with Crippen molar-refractivity contribution in [2.75, 3.05) is 23.7 Å². The molecule has 2 atom stereocenters. The summed E-state index contributed by atoms with van der Waals surface area (Å²) in [7, 11) is -3.87. The van der Waals surface area contributed by atoms with Gasteiger partial charge in [0, 0.05) is 13.1 Å². The van der Waals surface area contributed by atoms with E-state index >= 15 is 8.78 Å². The second kappa shape index (κ2) is 8.02. The standard InChI is InChI=1S/C23H24F2N4O4S/c1-3-34(31,32)27-18-13-29-19(23(18,24)25)11-12-28(22(29)30)21-20-16(9-6-10-17(20)33-26-21)15-8-5-4-7-14(15)2/h4-10,18-19,27H,3,11-13H2,1-2H3/t18-,19-/m1/s1. The normalized spacial score (nSPS) is 22.4. The number of hydrogen-bond acceptors (Lipinski definition) is 5. The first-order valence-corrected chi connectivity index (χ1v) is 12.7. The Hall–Kier alpha value is -3.05. The minimum absolute atomic E-state index is 0.00653. The molecule has 34 heavy (non-hydrogen) atoms. The molecule has 2 aliphatic heterocycles. The summed E-state index contributed by atoms with van der Waals surface area (Å²) in [5, 5.41) is 4.75. The smallest absolute Gasteiger partial charge is 0.326 e. The molecule has 0 unspecified atom stereocenters. The third-order valence-electron chi connectivity index (χ3n) is 6.64. The summed E-state index contributed by atoms with van der Waals surface area (Å²) in [5.41, 5.74) is 3.27. The maximum atomic E-state index is 15.1. The van der Waals surface area contributed by atoms with Crippen molar-refractivity contribution in [3.05, 3.63) is 48.0 Å². The highest BCUT2D eigenvalue weighted by atomic mass is 32.2. The number of anilines is 1. The third kappa shape index (κ3) is 3.54. The molecular weight excluding hydrogens is 466 g/mol. The van der Waals surface area contributed by atoms with E-state index in [-0.39, 0.29) is 24.5 Å². The lowest BCUT2D eigenvalue weighted by atomic mass is 9.97. The van der Waals surface area contributed by atoms with Gasteiger partial charge in [-0.15, -0.1) is 0 Å². The molecule has 180 valence electrons. The number of nitrogens with zero attached hydrogens (tertiary/aromatic N) is 3. The fraction of sp³-hybridized carbons (Fsp3) is 0.391. The first-order valence-electron chi connectivity index (χ1n) is 11.0. The Morgan fingerprint density at radius 1 is 1.18 bits per heavy atom. The summed E-state index contributed by atoms with van der Waals surface area (Å²) in [6.07, 6.45) is -0.0377. The first kappa shape index (κ1) is 22.7. The number of alkyl halides is 2. The number of rotatable bonds is 5. The van der Waals surface area contributed by atoms with E-state index in [9.17, 15) is 13.2 Å². The zero-order chi connectivity index (χ0) is 24.3. The number of carbonyl (C=O) groups excluding carboxylic acids is 1. The molecular formula is C23H24F2N4O4S. The zero-order valence-corrected chi connectivity index (χ0v) is 19.5. The molecule has 2 fully saturated rings. The van der Waals surface area contributed by atoms with Gasteiger partial charge in [-0.2, -0.15) is 0 Å². The molecule has 11 heteroatoms. The lowest BCUT2D eigenvalue weighted by Gasteiger charge is -2.37. The lowest BCUT2D eigenvalue weighted by molar-refractivity contribution is -0.0448. The molecule has 0 aliphatic carbocycles. The van der Waals surface area contributed by atoms with Crippen LogP contribution in [0.3, 0.4) is 0 Å². The van der Waals surface area contributed by atoms with Crippen molar-refractivity contribution in [3.63, 3.8) is 0 Å². The molecule has 2 aromatic carbocycles. The predicted molar refractivity (Wildman–Crippen MR) is 123 cm³/mol. The number of nitrogens with one attached hydrogen (secondary N) is 1. The van der Waals surface area contributed by atoms with Gasteiger partial charge in [0.05, 0.1) is 11.1 Å². The third-order valence-corrected chi connectivity index (χ3v) is 8.04. The van der Waals surface area contributed by atoms with Crippen LogP contribution in [0.25, 0.3) is 22.1 Å². The average molecular weight is 491 g/mol. The summed E-state index contributed by atoms with van der Waals surface area (Å²) >= 11 is 0. The van der Waals surface area contributed by atoms with E-state index in [1.807, 2.05) is 43.3 Å². The van der Waals surface area contributed by atoms with Crippen LogP contribution in [-0.4, -0.2) is 61.4 Å². The summed E-state index contributed by atoms with van der Waals surface area (Å²) < 4.78 is 61.6. The van der Waals surface area contributed by atoms with Crippen LogP contribution in [0, 0.1) is 6.92 Å². The number of sulfonamides is 1. The molecule has 0 radical (unpaired) electrons. The molecule has 2 aliphatic rings. The van der Waals surface area contributed by atoms with Crippen LogP contribution in [-0.2, 0) is 10.0 Å². The molecule has 2 amide bonds. The van der Waals surface area contributed by atoms with Crippen LogP contribution in [0.1, 0.15) is 18.9 Å². The van der Waals surface area contributed by atoms with Crippen LogP contribution in [0.5, 0.6) is 0 Å². The van der Waals surface area contributed by atoms with Gasteiger partial charge in [-0.3, -0.25) is 4.90 Å². The second-order valence-electron chi connectivity index (χ2n) is 8.64. The maximum absolute atomic E-state index is 15.1. The quantitative estimate of drug-likeness (QED) is 0.588. The highest BCUT2D eigenvalue weighted by Gasteiger charge is 2.60. The molecule has 1 N–H and O–H groups in total. The lowest BCUT2D eigenvalue weighted by Crippen LogP contribution is -2.56. The van der Waals surface area contributed by atoms with Gasteiger partial charge in [0.15, 0.2) is 11.4 Å². The van der Waals surface area contributed by atoms with Crippen LogP contribution in [0.2, 0.25) is 0 Å². The summed E-state index contributed by atoms with van der Waals surface area (Å²) in [4.78, 5) is 15.8. The number of benzene rings is 2. The molecule has 8 nitrogen and oxygen atoms in total. The van der Waals surface area contributed by atoms with Crippen molar-refractivity contribution in [2.45, 2.75) is 38.3 Å². The van der Waals surface area contributed by atoms with Crippen molar-refractivity contribution in [3.8, 4) is 11.1 Å². The monoisotopic (exact) mass is 490 g/mol. The van der Waals surface area contributed by atoms with Crippen LogP contribution >= 0.6 is 0 Å². The largest absolute Gasteiger partial charge is 0.354 e. The van der Waals surface area contributed by atoms with Gasteiger partial charge in [-0.1, -0.05) is 41.6 Å². The number of aromatic nitrogens is 1. The van der Waals surface area contributed by atoms with Crippen molar-refractivity contribution < 1.29 is 26.5 Å². The number of fused-ring (bicyclic) bond motifs is 2. The zero-order valence-electron chi connectivity index (χ0n) is 18.7. The van der Waals surface area contributed by atoms with Gasteiger partial charge in [-0.25, -0.2) is 26.7 Å². The highest BCUT2D eigenvalue weighted by molar-refractivity contribution is 7.89. The number of halogens is 2. The first-order chi connectivity index (χ1) is 16.1. The molecule has 2 saturated heterocycles. The molecule has 3 heterocycles. The summed E-state index contributed by atoms with van der Waals surface area (Å²) in [5.74, 6) is -3.45. The topological polar surface area (TPSA) is 95.8 Å². The van der Waals surface area contributed by atoms with Gasteiger partial charge in [0.25, 0.3) is 5.92 Å². The SMILES string of the molecule is CCS(=O)(=O)N[C@@H]1CN2C(=O)N(c3noc4cccc(-c5ccccc5C)c34)CC[C@@H]2C1(F)F. The van der Waals surface area contributed by atoms with Crippen molar-refractivity contribution >= 4 is 32.8 Å². The van der Waals surface area contributed by atoms with E-state index in [0.717, 1.165) is 21.6 Å². The van der Waals surface area contributed by atoms with E-state index in [0.29, 0.717) is 11.0 Å². The fourth-order valence-corrected chi connectivity index (χ4v) is 5.65. The van der Waals surface area contributed by atoms with Crippen LogP contribution in [0.4, 0.5) is 19.4 Å². The van der Waals surface area contributed by atoms with Gasteiger partial charge in [-0.05, 0) is 43.0 Å². The van der Waals surface area contributed by atoms with E-state index in [4.69, 9.17) is 4.52 Å². The Bertz CT molecular complexity index is 1370. The van der Waals surface area contributed by atoms with Crippen LogP contribution in [0.15, 0.2) is 47.0 Å². The van der Waals surface area contributed by atoms with Gasteiger partial charge >= 0.3 is 6.03 Å². The van der Waals surface area contributed by atoms with E-state index in [1.54, 1.807) is 6.07 Å². The number of hydrogen-bond donors (Lipinski definition) is 1. The van der Waals surface area contributed by atoms with Crippen molar-refractivity contribution in [2.24, 2.45) is 0 Å². The van der Waals surface area contributed by atoms with Crippen LogP contribution < -0.4 is 9.62 Å². The molecule has 0 saturated carbocycles. The fourth-order valence-electron chi connectivity index (χ4n) is 4.82. The molecule has 5 rings (SSSR count). The average Bonchev–Trinajstić information content (AvgIpc) is 3.34. The summed E-state index contributed by atoms with van der Waals surface area (Å²) in [6, 6.07) is 9.53. The van der Waals surface area contributed by atoms with Gasteiger partial charge in [0.1, 0.15) is 12.1 Å². The Morgan fingerprint density at radius 2 is 1.91 bits per heavy atom. The second-order valence-corrected chi connectivity index (χ2v) is 10.7. The van der Waals surface area contributed by atoms with E-state index in [2.05, 4.69) is 9.88 Å². The molecule has 0 bridgehead atoms. The minimum atomic E-state index is -3.87. The van der Waals surface area contributed by atoms with Gasteiger partial charge < -0.3 is 9.42 Å².